The van der Waals surface area contributed by atoms with E-state index in [9.17, 15) is 0 Å². The van der Waals surface area contributed by atoms with Gasteiger partial charge in [-0.25, -0.2) is 0 Å². The van der Waals surface area contributed by atoms with E-state index in [1.165, 1.54) is 0 Å². The van der Waals surface area contributed by atoms with E-state index in [0.29, 0.717) is 6.54 Å². The van der Waals surface area contributed by atoms with Gasteiger partial charge in [0.05, 0.1) is 12.7 Å². The lowest BCUT2D eigenvalue weighted by atomic mass is 9.54. The highest BCUT2D eigenvalue weighted by atomic mass is 16.5. The molecule has 0 spiro atoms. The molecule has 2 unspecified atom stereocenters. The van der Waals surface area contributed by atoms with Gasteiger partial charge in [-0.15, -0.1) is 6.58 Å². The first kappa shape index (κ1) is 15.6. The molecule has 4 heteroatoms. The Kier molecular flexibility index (Phi) is 5.34. The molecule has 0 amide bonds. The molecule has 18 heavy (non-hydrogen) atoms. The maximum absolute atomic E-state index is 9.08. The lowest BCUT2D eigenvalue weighted by molar-refractivity contribution is -0.156. The molecule has 4 nitrogen and oxygen atoms in total. The Balaban J connectivity index is 2.62. The molecule has 1 rings (SSSR count). The highest BCUT2D eigenvalue weighted by Gasteiger charge is 2.58. The molecule has 106 valence electrons. The average Bonchev–Trinajstić information content (AvgIpc) is 2.29. The van der Waals surface area contributed by atoms with Crippen molar-refractivity contribution in [1.29, 1.82) is 0 Å². The molecule has 0 bridgehead atoms. The molecule has 0 aromatic carbocycles. The summed E-state index contributed by atoms with van der Waals surface area (Å²) >= 11 is 0. The van der Waals surface area contributed by atoms with Crippen molar-refractivity contribution in [2.45, 2.75) is 38.8 Å². The molecular weight excluding hydrogens is 228 g/mol. The minimum atomic E-state index is -0.245. The Labute approximate surface area is 111 Å². The predicted molar refractivity (Wildman–Crippen MR) is 74.5 cm³/mol. The Hall–Kier alpha value is -0.420. The summed E-state index contributed by atoms with van der Waals surface area (Å²) in [7, 11) is 0. The van der Waals surface area contributed by atoms with Gasteiger partial charge in [0.1, 0.15) is 0 Å². The van der Waals surface area contributed by atoms with E-state index in [2.05, 4.69) is 25.3 Å². The molecule has 1 aliphatic rings. The lowest BCUT2D eigenvalue weighted by Crippen LogP contribution is -2.73. The van der Waals surface area contributed by atoms with Gasteiger partial charge in [0.25, 0.3) is 0 Å². The first-order chi connectivity index (χ1) is 8.41. The van der Waals surface area contributed by atoms with Crippen LogP contribution in [0.1, 0.15) is 27.2 Å². The van der Waals surface area contributed by atoms with Gasteiger partial charge in [-0.2, -0.15) is 0 Å². The van der Waals surface area contributed by atoms with Crippen molar-refractivity contribution < 1.29 is 9.84 Å². The van der Waals surface area contributed by atoms with Crippen LogP contribution in [-0.4, -0.2) is 54.5 Å². The van der Waals surface area contributed by atoms with Gasteiger partial charge in [0.2, 0.25) is 0 Å². The van der Waals surface area contributed by atoms with E-state index < -0.39 is 0 Å². The zero-order chi connectivity index (χ0) is 13.8. The maximum atomic E-state index is 9.08. The van der Waals surface area contributed by atoms with Gasteiger partial charge < -0.3 is 15.6 Å². The van der Waals surface area contributed by atoms with Gasteiger partial charge in [0, 0.05) is 37.2 Å². The fourth-order valence-electron chi connectivity index (χ4n) is 2.73. The number of aliphatic hydroxyl groups excluding tert-OH is 1. The Morgan fingerprint density at radius 2 is 2.22 bits per heavy atom. The standard InChI is InChI=1S/C14H28N2O2/c1-5-7-16(8-9-17)11-14(15)10-12(18-6-2)13(14,3)4/h5,12,17H,1,6-11,15H2,2-4H3. The molecule has 0 saturated heterocycles. The van der Waals surface area contributed by atoms with Gasteiger partial charge in [-0.05, 0) is 13.3 Å². The highest BCUT2D eigenvalue weighted by Crippen LogP contribution is 2.49. The molecule has 0 radical (unpaired) electrons. The third-order valence-electron chi connectivity index (χ3n) is 4.31. The minimum Gasteiger partial charge on any atom is -0.395 e. The first-order valence-electron chi connectivity index (χ1n) is 6.76. The van der Waals surface area contributed by atoms with Gasteiger partial charge in [0.15, 0.2) is 0 Å². The minimum absolute atomic E-state index is 0.0299. The molecule has 0 heterocycles. The molecule has 3 N–H and O–H groups in total. The van der Waals surface area contributed by atoms with Crippen molar-refractivity contribution in [2.75, 3.05) is 32.8 Å². The summed E-state index contributed by atoms with van der Waals surface area (Å²) in [5, 5.41) is 9.08. The normalized spacial score (nSPS) is 30.2. The fraction of sp³-hybridized carbons (Fsp3) is 0.857. The smallest absolute Gasteiger partial charge is 0.0662 e. The van der Waals surface area contributed by atoms with Gasteiger partial charge in [-0.1, -0.05) is 19.9 Å². The molecule has 0 aliphatic heterocycles. The van der Waals surface area contributed by atoms with E-state index in [-0.39, 0.29) is 23.7 Å². The number of nitrogens with two attached hydrogens (primary N) is 1. The number of nitrogens with zero attached hydrogens (tertiary/aromatic N) is 1. The van der Waals surface area contributed by atoms with Crippen LogP contribution in [0.4, 0.5) is 0 Å². The molecule has 0 aromatic heterocycles. The van der Waals surface area contributed by atoms with Crippen LogP contribution in [0.3, 0.4) is 0 Å². The van der Waals surface area contributed by atoms with Crippen LogP contribution >= 0.6 is 0 Å². The lowest BCUT2D eigenvalue weighted by Gasteiger charge is -2.60. The summed E-state index contributed by atoms with van der Waals surface area (Å²) in [5.41, 5.74) is 6.25. The predicted octanol–water partition coefficient (Wildman–Crippen LogP) is 0.999. The van der Waals surface area contributed by atoms with Crippen LogP contribution in [0.15, 0.2) is 12.7 Å². The van der Waals surface area contributed by atoms with Crippen molar-refractivity contribution in [3.8, 4) is 0 Å². The largest absolute Gasteiger partial charge is 0.395 e. The molecule has 1 fully saturated rings. The monoisotopic (exact) mass is 256 g/mol. The number of aliphatic hydroxyl groups is 1. The zero-order valence-corrected chi connectivity index (χ0v) is 12.0. The van der Waals surface area contributed by atoms with E-state index in [4.69, 9.17) is 15.6 Å². The second-order valence-corrected chi connectivity index (χ2v) is 5.77. The Morgan fingerprint density at radius 3 is 2.67 bits per heavy atom. The number of ether oxygens (including phenoxy) is 1. The quantitative estimate of drug-likeness (QED) is 0.636. The fourth-order valence-corrected chi connectivity index (χ4v) is 2.73. The number of rotatable bonds is 8. The van der Waals surface area contributed by atoms with Crippen molar-refractivity contribution in [1.82, 2.24) is 4.90 Å². The Morgan fingerprint density at radius 1 is 1.56 bits per heavy atom. The first-order valence-corrected chi connectivity index (χ1v) is 6.76. The molecule has 2 atom stereocenters. The maximum Gasteiger partial charge on any atom is 0.0662 e. The molecule has 1 saturated carbocycles. The van der Waals surface area contributed by atoms with Crippen LogP contribution in [0.5, 0.6) is 0 Å². The van der Waals surface area contributed by atoms with Gasteiger partial charge >= 0.3 is 0 Å². The average molecular weight is 256 g/mol. The van der Waals surface area contributed by atoms with Crippen LogP contribution in [0, 0.1) is 5.41 Å². The summed E-state index contributed by atoms with van der Waals surface area (Å²) in [5.74, 6) is 0. The Bertz CT molecular complexity index is 281. The summed E-state index contributed by atoms with van der Waals surface area (Å²) < 4.78 is 5.72. The number of hydrogen-bond acceptors (Lipinski definition) is 4. The molecular formula is C14H28N2O2. The van der Waals surface area contributed by atoms with E-state index in [1.807, 2.05) is 13.0 Å². The summed E-state index contributed by atoms with van der Waals surface area (Å²) in [6.45, 7) is 13.2. The highest BCUT2D eigenvalue weighted by molar-refractivity contribution is 5.14. The molecule has 0 aromatic rings. The summed E-state index contributed by atoms with van der Waals surface area (Å²) in [6, 6.07) is 0. The number of hydrogen-bond donors (Lipinski definition) is 2. The second kappa shape index (κ2) is 6.15. The van der Waals surface area contributed by atoms with Crippen molar-refractivity contribution in [3.63, 3.8) is 0 Å². The topological polar surface area (TPSA) is 58.7 Å². The zero-order valence-electron chi connectivity index (χ0n) is 12.0. The van der Waals surface area contributed by atoms with Crippen LogP contribution in [0.2, 0.25) is 0 Å². The van der Waals surface area contributed by atoms with E-state index >= 15 is 0 Å². The van der Waals surface area contributed by atoms with E-state index in [1.54, 1.807) is 0 Å². The van der Waals surface area contributed by atoms with Crippen molar-refractivity contribution in [3.05, 3.63) is 12.7 Å². The van der Waals surface area contributed by atoms with E-state index in [0.717, 1.165) is 26.1 Å². The van der Waals surface area contributed by atoms with Crippen molar-refractivity contribution >= 4 is 0 Å². The van der Waals surface area contributed by atoms with Crippen molar-refractivity contribution in [2.24, 2.45) is 11.1 Å². The second-order valence-electron chi connectivity index (χ2n) is 5.77. The summed E-state index contributed by atoms with van der Waals surface area (Å²) in [6.07, 6.45) is 2.98. The molecule has 1 aliphatic carbocycles. The van der Waals surface area contributed by atoms with Crippen LogP contribution < -0.4 is 5.73 Å². The SMILES string of the molecule is C=CCN(CCO)CC1(N)CC(OCC)C1(C)C. The summed E-state index contributed by atoms with van der Waals surface area (Å²) in [4.78, 5) is 2.15. The van der Waals surface area contributed by atoms with Gasteiger partial charge in [-0.3, -0.25) is 4.90 Å². The van der Waals surface area contributed by atoms with Crippen LogP contribution in [-0.2, 0) is 4.74 Å². The third kappa shape index (κ3) is 2.94. The third-order valence-corrected chi connectivity index (χ3v) is 4.31. The van der Waals surface area contributed by atoms with Crippen LogP contribution in [0.25, 0.3) is 0 Å².